The van der Waals surface area contributed by atoms with E-state index in [1.807, 2.05) is 42.5 Å². The van der Waals surface area contributed by atoms with E-state index in [0.717, 1.165) is 24.0 Å². The van der Waals surface area contributed by atoms with Crippen LogP contribution in [0.5, 0.6) is 0 Å². The van der Waals surface area contributed by atoms with Crippen molar-refractivity contribution in [3.8, 4) is 0 Å². The molecule has 2 N–H and O–H groups in total. The summed E-state index contributed by atoms with van der Waals surface area (Å²) < 4.78 is 0. The van der Waals surface area contributed by atoms with E-state index in [1.54, 1.807) is 0 Å². The zero-order valence-electron chi connectivity index (χ0n) is 12.8. The number of nitrogens with two attached hydrogens (primary N) is 1. The quantitative estimate of drug-likeness (QED) is 0.822. The number of benzene rings is 2. The van der Waals surface area contributed by atoms with Gasteiger partial charge in [0.15, 0.2) is 5.78 Å². The topological polar surface area (TPSA) is 43.1 Å². The molecule has 0 atom stereocenters. The molecule has 0 spiro atoms. The second-order valence-corrected chi connectivity index (χ2v) is 5.86. The van der Waals surface area contributed by atoms with Gasteiger partial charge in [-0.25, -0.2) is 0 Å². The number of carbonyl (C=O) groups excluding carboxylic acids is 1. The highest BCUT2D eigenvalue weighted by Crippen LogP contribution is 2.15. The van der Waals surface area contributed by atoms with Crippen molar-refractivity contribution < 1.29 is 4.79 Å². The second-order valence-electron chi connectivity index (χ2n) is 5.86. The summed E-state index contributed by atoms with van der Waals surface area (Å²) >= 11 is 0. The Morgan fingerprint density at radius 1 is 1.00 bits per heavy atom. The molecule has 0 saturated heterocycles. The van der Waals surface area contributed by atoms with E-state index in [4.69, 9.17) is 5.73 Å². The maximum absolute atomic E-state index is 12.5. The van der Waals surface area contributed by atoms with Crippen molar-refractivity contribution in [1.82, 2.24) is 0 Å². The monoisotopic (exact) mass is 281 g/mol. The lowest BCUT2D eigenvalue weighted by Crippen LogP contribution is -2.05. The zero-order valence-corrected chi connectivity index (χ0v) is 12.8. The van der Waals surface area contributed by atoms with Gasteiger partial charge in [-0.1, -0.05) is 56.3 Å². The molecule has 21 heavy (non-hydrogen) atoms. The van der Waals surface area contributed by atoms with Crippen molar-refractivity contribution in [2.75, 3.05) is 6.54 Å². The molecule has 2 aromatic carbocycles. The van der Waals surface area contributed by atoms with Crippen LogP contribution in [-0.2, 0) is 12.8 Å². The summed E-state index contributed by atoms with van der Waals surface area (Å²) in [6, 6.07) is 15.7. The normalized spacial score (nSPS) is 10.9. The maximum atomic E-state index is 12.5. The first kappa shape index (κ1) is 15.5. The maximum Gasteiger partial charge on any atom is 0.193 e. The Labute approximate surface area is 127 Å². The van der Waals surface area contributed by atoms with Gasteiger partial charge in [-0.3, -0.25) is 4.79 Å². The molecule has 0 bridgehead atoms. The summed E-state index contributed by atoms with van der Waals surface area (Å²) in [7, 11) is 0. The van der Waals surface area contributed by atoms with Crippen molar-refractivity contribution in [2.24, 2.45) is 11.7 Å². The molecule has 0 radical (unpaired) electrons. The molecular weight excluding hydrogens is 258 g/mol. The summed E-state index contributed by atoms with van der Waals surface area (Å²) in [5.41, 5.74) is 9.42. The van der Waals surface area contributed by atoms with Crippen LogP contribution in [0.25, 0.3) is 0 Å². The molecule has 0 amide bonds. The highest BCUT2D eigenvalue weighted by atomic mass is 16.1. The van der Waals surface area contributed by atoms with Crippen LogP contribution in [0.15, 0.2) is 48.5 Å². The lowest BCUT2D eigenvalue weighted by Gasteiger charge is -2.08. The minimum atomic E-state index is 0.0832. The third-order valence-electron chi connectivity index (χ3n) is 3.48. The average Bonchev–Trinajstić information content (AvgIpc) is 2.47. The van der Waals surface area contributed by atoms with Crippen LogP contribution in [0.3, 0.4) is 0 Å². The molecule has 110 valence electrons. The predicted octanol–water partition coefficient (Wildman–Crippen LogP) is 3.62. The summed E-state index contributed by atoms with van der Waals surface area (Å²) in [4.78, 5) is 12.5. The fourth-order valence-electron chi connectivity index (χ4n) is 2.47. The summed E-state index contributed by atoms with van der Waals surface area (Å²) in [5, 5.41) is 0. The second kappa shape index (κ2) is 7.19. The number of ketones is 1. The van der Waals surface area contributed by atoms with Crippen LogP contribution < -0.4 is 5.73 Å². The Morgan fingerprint density at radius 2 is 1.71 bits per heavy atom. The van der Waals surface area contributed by atoms with Crippen LogP contribution in [0, 0.1) is 5.92 Å². The summed E-state index contributed by atoms with van der Waals surface area (Å²) in [6.07, 6.45) is 1.84. The molecule has 0 aliphatic rings. The molecule has 0 unspecified atom stereocenters. The largest absolute Gasteiger partial charge is 0.330 e. The smallest absolute Gasteiger partial charge is 0.193 e. The third-order valence-corrected chi connectivity index (χ3v) is 3.48. The fourth-order valence-corrected chi connectivity index (χ4v) is 2.47. The molecule has 0 fully saturated rings. The minimum absolute atomic E-state index is 0.0832. The lowest BCUT2D eigenvalue weighted by atomic mass is 9.97. The van der Waals surface area contributed by atoms with E-state index in [-0.39, 0.29) is 5.78 Å². The number of carbonyl (C=O) groups is 1. The first-order valence-corrected chi connectivity index (χ1v) is 7.53. The standard InChI is InChI=1S/C19H23NO/c1-14(2)12-16-4-3-5-18(13-16)19(21)17-8-6-15(7-9-17)10-11-20/h3-9,13-14H,10-12,20H2,1-2H3. The number of hydrogen-bond acceptors (Lipinski definition) is 2. The molecule has 0 aromatic heterocycles. The fraction of sp³-hybridized carbons (Fsp3) is 0.316. The van der Waals surface area contributed by atoms with Gasteiger partial charge >= 0.3 is 0 Å². The van der Waals surface area contributed by atoms with Crippen molar-refractivity contribution in [3.05, 3.63) is 70.8 Å². The van der Waals surface area contributed by atoms with Crippen LogP contribution in [-0.4, -0.2) is 12.3 Å². The van der Waals surface area contributed by atoms with Crippen molar-refractivity contribution in [3.63, 3.8) is 0 Å². The lowest BCUT2D eigenvalue weighted by molar-refractivity contribution is 0.103. The predicted molar refractivity (Wildman–Crippen MR) is 87.6 cm³/mol. The van der Waals surface area contributed by atoms with Crippen LogP contribution >= 0.6 is 0 Å². The average molecular weight is 281 g/mol. The number of hydrogen-bond donors (Lipinski definition) is 1. The van der Waals surface area contributed by atoms with Crippen LogP contribution in [0.2, 0.25) is 0 Å². The summed E-state index contributed by atoms with van der Waals surface area (Å²) in [5.74, 6) is 0.672. The Balaban J connectivity index is 2.19. The van der Waals surface area contributed by atoms with Crippen molar-refractivity contribution in [1.29, 1.82) is 0 Å². The van der Waals surface area contributed by atoms with Gasteiger partial charge < -0.3 is 5.73 Å². The first-order chi connectivity index (χ1) is 10.1. The number of rotatable bonds is 6. The molecule has 2 rings (SSSR count). The molecule has 0 heterocycles. The van der Waals surface area contributed by atoms with E-state index in [1.165, 1.54) is 11.1 Å². The van der Waals surface area contributed by atoms with Gasteiger partial charge in [-0.15, -0.1) is 0 Å². The minimum Gasteiger partial charge on any atom is -0.330 e. The molecule has 2 aromatic rings. The van der Waals surface area contributed by atoms with E-state index < -0.39 is 0 Å². The first-order valence-electron chi connectivity index (χ1n) is 7.53. The van der Waals surface area contributed by atoms with Crippen LogP contribution in [0.4, 0.5) is 0 Å². The van der Waals surface area contributed by atoms with Gasteiger partial charge in [-0.05, 0) is 42.5 Å². The molecule has 2 nitrogen and oxygen atoms in total. The molecule has 2 heteroatoms. The van der Waals surface area contributed by atoms with Crippen LogP contribution in [0.1, 0.15) is 40.9 Å². The Kier molecular flexibility index (Phi) is 5.29. The van der Waals surface area contributed by atoms with Gasteiger partial charge in [0.25, 0.3) is 0 Å². The Hall–Kier alpha value is -1.93. The van der Waals surface area contributed by atoms with E-state index in [9.17, 15) is 4.79 Å². The van der Waals surface area contributed by atoms with Gasteiger partial charge in [0.05, 0.1) is 0 Å². The highest BCUT2D eigenvalue weighted by molar-refractivity contribution is 6.09. The summed E-state index contributed by atoms with van der Waals surface area (Å²) in [6.45, 7) is 5.00. The van der Waals surface area contributed by atoms with E-state index >= 15 is 0 Å². The molecule has 0 saturated carbocycles. The zero-order chi connectivity index (χ0) is 15.2. The van der Waals surface area contributed by atoms with E-state index in [0.29, 0.717) is 12.5 Å². The van der Waals surface area contributed by atoms with Crippen molar-refractivity contribution in [2.45, 2.75) is 26.7 Å². The third kappa shape index (κ3) is 4.27. The Morgan fingerprint density at radius 3 is 2.33 bits per heavy atom. The SMILES string of the molecule is CC(C)Cc1cccc(C(=O)c2ccc(CCN)cc2)c1. The highest BCUT2D eigenvalue weighted by Gasteiger charge is 2.10. The van der Waals surface area contributed by atoms with Gasteiger partial charge in [-0.2, -0.15) is 0 Å². The van der Waals surface area contributed by atoms with Crippen molar-refractivity contribution >= 4 is 5.78 Å². The molecule has 0 aliphatic heterocycles. The molecule has 0 aliphatic carbocycles. The van der Waals surface area contributed by atoms with Gasteiger partial charge in [0.2, 0.25) is 0 Å². The Bertz CT molecular complexity index is 599. The molecular formula is C19H23NO. The van der Waals surface area contributed by atoms with E-state index in [2.05, 4.69) is 19.9 Å². The van der Waals surface area contributed by atoms with Gasteiger partial charge in [0.1, 0.15) is 0 Å². The van der Waals surface area contributed by atoms with Gasteiger partial charge in [0, 0.05) is 11.1 Å².